The van der Waals surface area contributed by atoms with Crippen LogP contribution in [-0.4, -0.2) is 42.0 Å². The maximum absolute atomic E-state index is 14.9. The third-order valence-corrected chi connectivity index (χ3v) is 4.41. The number of ketones is 1. The minimum atomic E-state index is -1.74. The number of carbonyl (C=O) groups is 2. The first-order chi connectivity index (χ1) is 14.4. The molecule has 2 aliphatic heterocycles. The second-order valence-corrected chi connectivity index (χ2v) is 6.31. The van der Waals surface area contributed by atoms with Crippen molar-refractivity contribution >= 4 is 35.5 Å². The highest BCUT2D eigenvalue weighted by Crippen LogP contribution is 2.27. The third kappa shape index (κ3) is 3.34. The van der Waals surface area contributed by atoms with Gasteiger partial charge in [-0.3, -0.25) is 25.0 Å². The molecule has 2 unspecified atom stereocenters. The molecule has 0 saturated heterocycles. The Morgan fingerprint density at radius 3 is 2.53 bits per heavy atom. The zero-order valence-electron chi connectivity index (χ0n) is 14.9. The highest BCUT2D eigenvalue weighted by Gasteiger charge is 2.39. The summed E-state index contributed by atoms with van der Waals surface area (Å²) >= 11 is 0. The number of halogens is 4. The van der Waals surface area contributed by atoms with E-state index in [1.165, 1.54) is 24.6 Å². The number of carbonyl (C=O) groups excluding carboxylic acids is 2. The monoisotopic (exact) mass is 417 g/mol. The van der Waals surface area contributed by atoms with Gasteiger partial charge in [-0.1, -0.05) is 6.07 Å². The molecule has 0 saturated carbocycles. The van der Waals surface area contributed by atoms with Crippen LogP contribution in [0.2, 0.25) is 0 Å². The van der Waals surface area contributed by atoms with E-state index in [-0.39, 0.29) is 11.3 Å². The lowest BCUT2D eigenvalue weighted by Gasteiger charge is -2.16. The van der Waals surface area contributed by atoms with Crippen molar-refractivity contribution in [2.45, 2.75) is 12.2 Å². The van der Waals surface area contributed by atoms with Crippen molar-refractivity contribution in [3.05, 3.63) is 64.7 Å². The number of amides is 1. The van der Waals surface area contributed by atoms with Crippen LogP contribution in [0.4, 0.5) is 23.2 Å². The van der Waals surface area contributed by atoms with Crippen molar-refractivity contribution < 1.29 is 27.2 Å². The molecule has 0 aromatic heterocycles. The van der Waals surface area contributed by atoms with Crippen molar-refractivity contribution in [1.29, 1.82) is 0 Å². The number of fused-ring (bicyclic) bond motifs is 1. The molecule has 2 aromatic rings. The smallest absolute Gasteiger partial charge is 0.255 e. The molecular weight excluding hydrogens is 406 g/mol. The summed E-state index contributed by atoms with van der Waals surface area (Å²) in [6.07, 6.45) is 1.93. The summed E-state index contributed by atoms with van der Waals surface area (Å²) in [5, 5.41) is 5.74. The zero-order valence-corrected chi connectivity index (χ0v) is 14.9. The first kappa shape index (κ1) is 19.4. The maximum Gasteiger partial charge on any atom is 0.255 e. The molecule has 0 radical (unpaired) electrons. The van der Waals surface area contributed by atoms with Gasteiger partial charge >= 0.3 is 0 Å². The topological polar surface area (TPSA) is 95.3 Å². The molecule has 1 amide bonds. The lowest BCUT2D eigenvalue weighted by molar-refractivity contribution is 0.102. The fraction of sp³-hybridized carbons (Fsp3) is 0.105. The van der Waals surface area contributed by atoms with Crippen LogP contribution in [0.1, 0.15) is 20.7 Å². The molecule has 0 aliphatic carbocycles. The zero-order chi connectivity index (χ0) is 21.4. The first-order valence-corrected chi connectivity index (χ1v) is 8.54. The molecule has 2 heterocycles. The van der Waals surface area contributed by atoms with Gasteiger partial charge in [0, 0.05) is 24.1 Å². The van der Waals surface area contributed by atoms with Crippen molar-refractivity contribution in [2.24, 2.45) is 15.1 Å². The normalized spacial score (nSPS) is 19.1. The van der Waals surface area contributed by atoms with Gasteiger partial charge in [-0.2, -0.15) is 5.10 Å². The Bertz CT molecular complexity index is 1160. The van der Waals surface area contributed by atoms with Gasteiger partial charge in [0.2, 0.25) is 5.78 Å². The van der Waals surface area contributed by atoms with Crippen LogP contribution in [0.5, 0.6) is 0 Å². The van der Waals surface area contributed by atoms with Crippen molar-refractivity contribution in [1.82, 2.24) is 5.43 Å². The average molecular weight is 417 g/mol. The average Bonchev–Trinajstić information content (AvgIpc) is 3.16. The summed E-state index contributed by atoms with van der Waals surface area (Å²) in [6, 6.07) is 3.90. The van der Waals surface area contributed by atoms with E-state index >= 15 is 0 Å². The van der Waals surface area contributed by atoms with E-state index in [1.807, 2.05) is 5.32 Å². The second-order valence-electron chi connectivity index (χ2n) is 6.31. The molecule has 2 aliphatic rings. The number of benzene rings is 2. The van der Waals surface area contributed by atoms with Crippen molar-refractivity contribution in [3.8, 4) is 0 Å². The molecule has 2 atom stereocenters. The van der Waals surface area contributed by atoms with Crippen molar-refractivity contribution in [3.63, 3.8) is 0 Å². The number of hydrogen-bond donors (Lipinski definition) is 2. The molecule has 2 aromatic carbocycles. The van der Waals surface area contributed by atoms with Gasteiger partial charge in [-0.05, 0) is 18.2 Å². The molecule has 2 N–H and O–H groups in total. The van der Waals surface area contributed by atoms with Crippen LogP contribution < -0.4 is 10.7 Å². The minimum absolute atomic E-state index is 0.186. The third-order valence-electron chi connectivity index (χ3n) is 4.41. The molecule has 30 heavy (non-hydrogen) atoms. The quantitative estimate of drug-likeness (QED) is 0.455. The maximum atomic E-state index is 14.9. The van der Waals surface area contributed by atoms with Gasteiger partial charge in [0.25, 0.3) is 5.91 Å². The summed E-state index contributed by atoms with van der Waals surface area (Å²) in [7, 11) is 0. The molecule has 7 nitrogen and oxygen atoms in total. The van der Waals surface area contributed by atoms with Gasteiger partial charge in [-0.25, -0.2) is 17.6 Å². The number of rotatable bonds is 4. The van der Waals surface area contributed by atoms with E-state index in [9.17, 15) is 27.2 Å². The van der Waals surface area contributed by atoms with E-state index < -0.39 is 58.4 Å². The van der Waals surface area contributed by atoms with Gasteiger partial charge in [0.1, 0.15) is 23.1 Å². The summed E-state index contributed by atoms with van der Waals surface area (Å²) in [5.41, 5.74) is -0.0827. The number of hydrogen-bond acceptors (Lipinski definition) is 6. The largest absolute Gasteiger partial charge is 0.319 e. The predicted octanol–water partition coefficient (Wildman–Crippen LogP) is 2.49. The Kier molecular flexibility index (Phi) is 4.86. The van der Waals surface area contributed by atoms with Gasteiger partial charge in [-0.15, -0.1) is 0 Å². The van der Waals surface area contributed by atoms with Crippen LogP contribution >= 0.6 is 0 Å². The van der Waals surface area contributed by atoms with Crippen LogP contribution in [0.3, 0.4) is 0 Å². The number of anilines is 1. The van der Waals surface area contributed by atoms with Crippen LogP contribution in [0.15, 0.2) is 45.4 Å². The van der Waals surface area contributed by atoms with E-state index in [1.54, 1.807) is 0 Å². The molecule has 0 fully saturated rings. The Labute approximate surface area is 166 Å². The lowest BCUT2D eigenvalue weighted by atomic mass is 9.98. The number of aliphatic imine (C=N–C) groups is 2. The number of hydrazone groups is 1. The molecule has 0 bridgehead atoms. The fourth-order valence-corrected chi connectivity index (χ4v) is 2.98. The van der Waals surface area contributed by atoms with Gasteiger partial charge in [0.05, 0.1) is 5.69 Å². The van der Waals surface area contributed by atoms with E-state index in [0.717, 1.165) is 12.1 Å². The molecule has 11 heteroatoms. The first-order valence-electron chi connectivity index (χ1n) is 8.54. The lowest BCUT2D eigenvalue weighted by Crippen LogP contribution is -2.37. The van der Waals surface area contributed by atoms with Crippen molar-refractivity contribution in [2.75, 3.05) is 5.32 Å². The highest BCUT2D eigenvalue weighted by molar-refractivity contribution is 6.48. The predicted molar refractivity (Wildman–Crippen MR) is 100 cm³/mol. The standard InChI is InChI=1S/C19H11F4N5O2/c20-9-3-1-2-8(6-9)19(30)26-11-7-10(21)13(22)12(14(11)23)17(29)15-16-18(28-27-15)25-5-4-24-16/h1-7,16,18,28H,(H,26,30). The summed E-state index contributed by atoms with van der Waals surface area (Å²) in [5.74, 6) is -7.76. The van der Waals surface area contributed by atoms with Crippen LogP contribution in [-0.2, 0) is 0 Å². The Morgan fingerprint density at radius 1 is 1.00 bits per heavy atom. The summed E-state index contributed by atoms with van der Waals surface area (Å²) in [6.45, 7) is 0. The summed E-state index contributed by atoms with van der Waals surface area (Å²) in [4.78, 5) is 32.9. The van der Waals surface area contributed by atoms with E-state index in [2.05, 4.69) is 20.5 Å². The molecule has 4 rings (SSSR count). The van der Waals surface area contributed by atoms with Gasteiger partial charge < -0.3 is 5.32 Å². The molecule has 0 spiro atoms. The number of Topliss-reactive ketones (excluding diaryl/α,β-unsaturated/α-hetero) is 1. The van der Waals surface area contributed by atoms with E-state index in [4.69, 9.17) is 0 Å². The minimum Gasteiger partial charge on any atom is -0.319 e. The number of nitrogens with zero attached hydrogens (tertiary/aromatic N) is 3. The number of nitrogens with one attached hydrogen (secondary N) is 2. The Hall–Kier alpha value is -3.89. The second kappa shape index (κ2) is 7.50. The SMILES string of the molecule is O=C(Nc1cc(F)c(F)c(C(=O)C2=NNC3N=CC=NC23)c1F)c1cccc(F)c1. The molecule has 152 valence electrons. The molecular formula is C19H11F4N5O2. The van der Waals surface area contributed by atoms with Gasteiger partial charge in [0.15, 0.2) is 23.6 Å². The Morgan fingerprint density at radius 2 is 1.77 bits per heavy atom. The fourth-order valence-electron chi connectivity index (χ4n) is 2.98. The van der Waals surface area contributed by atoms with E-state index in [0.29, 0.717) is 6.07 Å². The Balaban J connectivity index is 1.69. The summed E-state index contributed by atoms with van der Waals surface area (Å²) < 4.78 is 56.7. The highest BCUT2D eigenvalue weighted by atomic mass is 19.2. The van der Waals surface area contributed by atoms with Crippen LogP contribution in [0.25, 0.3) is 0 Å². The van der Waals surface area contributed by atoms with Crippen LogP contribution in [0, 0.1) is 23.3 Å².